The summed E-state index contributed by atoms with van der Waals surface area (Å²) in [7, 11) is 0. The lowest BCUT2D eigenvalue weighted by molar-refractivity contribution is 0.318. The Hall–Kier alpha value is -1.38. The lowest BCUT2D eigenvalue weighted by Gasteiger charge is -2.38. The summed E-state index contributed by atoms with van der Waals surface area (Å²) in [5.74, 6) is 0.981. The molecule has 1 saturated carbocycles. The number of nitrogens with one attached hydrogen (secondary N) is 2. The van der Waals surface area contributed by atoms with Crippen LogP contribution in [0.5, 0.6) is 5.75 Å². The second-order valence-electron chi connectivity index (χ2n) is 5.49. The van der Waals surface area contributed by atoms with Crippen molar-refractivity contribution in [1.82, 2.24) is 0 Å². The third-order valence-corrected chi connectivity index (χ3v) is 4.05. The fraction of sp³-hybridized carbons (Fsp3) is 0.600. The van der Waals surface area contributed by atoms with E-state index in [4.69, 9.17) is 4.74 Å². The van der Waals surface area contributed by atoms with Gasteiger partial charge in [-0.05, 0) is 31.4 Å². The molecular weight excluding hydrogens is 224 g/mol. The summed E-state index contributed by atoms with van der Waals surface area (Å²) in [6.07, 6.45) is 6.28. The first-order valence-corrected chi connectivity index (χ1v) is 7.11. The zero-order valence-corrected chi connectivity index (χ0v) is 11.1. The molecule has 2 N–H and O–H groups in total. The van der Waals surface area contributed by atoms with Crippen LogP contribution >= 0.6 is 0 Å². The van der Waals surface area contributed by atoms with Crippen LogP contribution in [-0.4, -0.2) is 18.7 Å². The van der Waals surface area contributed by atoms with Crippen LogP contribution in [0.1, 0.15) is 39.0 Å². The summed E-state index contributed by atoms with van der Waals surface area (Å²) in [5.41, 5.74) is 2.64. The Morgan fingerprint density at radius 1 is 1.28 bits per heavy atom. The van der Waals surface area contributed by atoms with E-state index in [1.807, 2.05) is 0 Å². The van der Waals surface area contributed by atoms with Crippen LogP contribution < -0.4 is 15.4 Å². The topological polar surface area (TPSA) is 33.3 Å². The van der Waals surface area contributed by atoms with Crippen molar-refractivity contribution < 1.29 is 4.74 Å². The van der Waals surface area contributed by atoms with Crippen LogP contribution in [-0.2, 0) is 0 Å². The van der Waals surface area contributed by atoms with Crippen molar-refractivity contribution in [3.05, 3.63) is 18.2 Å². The summed E-state index contributed by atoms with van der Waals surface area (Å²) < 4.78 is 5.80. The smallest absolute Gasteiger partial charge is 0.144 e. The molecule has 1 fully saturated rings. The molecule has 1 aliphatic carbocycles. The molecule has 0 atom stereocenters. The minimum absolute atomic E-state index is 0.288. The molecule has 1 aromatic carbocycles. The predicted octanol–water partition coefficient (Wildman–Crippen LogP) is 3.63. The minimum Gasteiger partial charge on any atom is -0.491 e. The van der Waals surface area contributed by atoms with E-state index in [2.05, 4.69) is 35.8 Å². The predicted molar refractivity (Wildman–Crippen MR) is 75.5 cm³/mol. The second-order valence-corrected chi connectivity index (χ2v) is 5.49. The van der Waals surface area contributed by atoms with Crippen LogP contribution in [0.2, 0.25) is 0 Å². The Morgan fingerprint density at radius 2 is 2.11 bits per heavy atom. The Labute approximate surface area is 109 Å². The maximum atomic E-state index is 5.80. The van der Waals surface area contributed by atoms with Gasteiger partial charge in [0.2, 0.25) is 0 Å². The van der Waals surface area contributed by atoms with Crippen molar-refractivity contribution >= 4 is 11.4 Å². The van der Waals surface area contributed by atoms with Gasteiger partial charge in [-0.2, -0.15) is 0 Å². The van der Waals surface area contributed by atoms with Crippen LogP contribution in [0.4, 0.5) is 11.4 Å². The number of hydrogen-bond donors (Lipinski definition) is 2. The normalized spacial score (nSPS) is 20.1. The summed E-state index contributed by atoms with van der Waals surface area (Å²) in [6, 6.07) is 6.28. The Morgan fingerprint density at radius 3 is 2.89 bits per heavy atom. The molecule has 0 amide bonds. The average molecular weight is 246 g/mol. The average Bonchev–Trinajstić information content (AvgIpc) is 2.84. The van der Waals surface area contributed by atoms with E-state index >= 15 is 0 Å². The van der Waals surface area contributed by atoms with Crippen molar-refractivity contribution in [2.75, 3.05) is 23.8 Å². The molecule has 1 heterocycles. The zero-order chi connectivity index (χ0) is 12.4. The fourth-order valence-electron chi connectivity index (χ4n) is 3.09. The molecule has 18 heavy (non-hydrogen) atoms. The molecule has 1 aliphatic heterocycles. The molecule has 1 aromatic rings. The van der Waals surface area contributed by atoms with Crippen molar-refractivity contribution in [2.45, 2.75) is 44.6 Å². The van der Waals surface area contributed by atoms with Gasteiger partial charge in [-0.25, -0.2) is 0 Å². The molecule has 98 valence electrons. The highest BCUT2D eigenvalue weighted by atomic mass is 16.5. The molecule has 0 unspecified atom stereocenters. The van der Waals surface area contributed by atoms with E-state index in [0.717, 1.165) is 31.0 Å². The highest BCUT2D eigenvalue weighted by molar-refractivity contribution is 5.78. The minimum atomic E-state index is 0.288. The van der Waals surface area contributed by atoms with Gasteiger partial charge < -0.3 is 15.4 Å². The number of ether oxygens (including phenoxy) is 1. The number of para-hydroxylation sites is 1. The maximum Gasteiger partial charge on any atom is 0.144 e. The van der Waals surface area contributed by atoms with E-state index < -0.39 is 0 Å². The van der Waals surface area contributed by atoms with Crippen LogP contribution in [0.25, 0.3) is 0 Å². The van der Waals surface area contributed by atoms with Crippen LogP contribution in [0, 0.1) is 0 Å². The number of hydrogen-bond acceptors (Lipinski definition) is 3. The van der Waals surface area contributed by atoms with E-state index in [9.17, 15) is 0 Å². The van der Waals surface area contributed by atoms with E-state index in [-0.39, 0.29) is 5.54 Å². The number of benzene rings is 1. The Kier molecular flexibility index (Phi) is 3.06. The van der Waals surface area contributed by atoms with Crippen LogP contribution in [0.15, 0.2) is 18.2 Å². The van der Waals surface area contributed by atoms with Gasteiger partial charge in [0.1, 0.15) is 11.4 Å². The molecule has 1 spiro atoms. The van der Waals surface area contributed by atoms with Crippen molar-refractivity contribution in [2.24, 2.45) is 0 Å². The highest BCUT2D eigenvalue weighted by Gasteiger charge is 2.37. The first-order chi connectivity index (χ1) is 8.83. The van der Waals surface area contributed by atoms with Crippen molar-refractivity contribution in [3.8, 4) is 5.75 Å². The molecule has 0 bridgehead atoms. The lowest BCUT2D eigenvalue weighted by atomic mass is 9.94. The molecular formula is C15H22N2O. The van der Waals surface area contributed by atoms with Gasteiger partial charge >= 0.3 is 0 Å². The quantitative estimate of drug-likeness (QED) is 0.854. The first-order valence-electron chi connectivity index (χ1n) is 7.11. The first kappa shape index (κ1) is 11.7. The zero-order valence-electron chi connectivity index (χ0n) is 11.1. The Bertz CT molecular complexity index is 425. The van der Waals surface area contributed by atoms with Crippen LogP contribution in [0.3, 0.4) is 0 Å². The number of rotatable bonds is 3. The molecule has 3 nitrogen and oxygen atoms in total. The molecule has 3 rings (SSSR count). The van der Waals surface area contributed by atoms with E-state index in [1.54, 1.807) is 0 Å². The third kappa shape index (κ3) is 2.02. The largest absolute Gasteiger partial charge is 0.491 e. The molecule has 0 radical (unpaired) electrons. The molecule has 3 heteroatoms. The molecule has 0 saturated heterocycles. The monoisotopic (exact) mass is 246 g/mol. The van der Waals surface area contributed by atoms with Gasteiger partial charge in [0.15, 0.2) is 0 Å². The van der Waals surface area contributed by atoms with Gasteiger partial charge in [0.25, 0.3) is 0 Å². The van der Waals surface area contributed by atoms with Gasteiger partial charge in [0, 0.05) is 6.54 Å². The molecule has 0 aromatic heterocycles. The lowest BCUT2D eigenvalue weighted by Crippen LogP contribution is -2.45. The van der Waals surface area contributed by atoms with E-state index in [1.165, 1.54) is 31.4 Å². The SMILES string of the molecule is CCCOc1cccc2c1NCC1(CCCC1)N2. The van der Waals surface area contributed by atoms with Gasteiger partial charge in [-0.3, -0.25) is 0 Å². The van der Waals surface area contributed by atoms with Crippen molar-refractivity contribution in [3.63, 3.8) is 0 Å². The highest BCUT2D eigenvalue weighted by Crippen LogP contribution is 2.42. The van der Waals surface area contributed by atoms with Gasteiger partial charge in [0.05, 0.1) is 17.8 Å². The van der Waals surface area contributed by atoms with E-state index in [0.29, 0.717) is 0 Å². The summed E-state index contributed by atoms with van der Waals surface area (Å²) in [5, 5.41) is 7.33. The molecule has 2 aliphatic rings. The Balaban J connectivity index is 1.83. The van der Waals surface area contributed by atoms with Crippen molar-refractivity contribution in [1.29, 1.82) is 0 Å². The standard InChI is InChI=1S/C15H22N2O/c1-2-10-18-13-7-5-6-12-14(13)16-11-15(17-12)8-3-4-9-15/h5-7,16-17H,2-4,8-11H2,1H3. The maximum absolute atomic E-state index is 5.80. The summed E-state index contributed by atoms with van der Waals surface area (Å²) in [4.78, 5) is 0. The van der Waals surface area contributed by atoms with Gasteiger partial charge in [-0.1, -0.05) is 25.8 Å². The summed E-state index contributed by atoms with van der Waals surface area (Å²) in [6.45, 7) is 3.93. The number of fused-ring (bicyclic) bond motifs is 1. The third-order valence-electron chi connectivity index (χ3n) is 4.05. The summed E-state index contributed by atoms with van der Waals surface area (Å²) >= 11 is 0. The fourth-order valence-corrected chi connectivity index (χ4v) is 3.09. The van der Waals surface area contributed by atoms with Gasteiger partial charge in [-0.15, -0.1) is 0 Å². The number of anilines is 2. The second kappa shape index (κ2) is 4.71.